The molecule has 0 bridgehead atoms. The van der Waals surface area contributed by atoms with Gasteiger partial charge in [-0.05, 0) is 83.9 Å². The Bertz CT molecular complexity index is 929. The highest BCUT2D eigenvalue weighted by Crippen LogP contribution is 2.38. The molecule has 0 radical (unpaired) electrons. The van der Waals surface area contributed by atoms with E-state index in [0.29, 0.717) is 36.0 Å². The molecule has 0 spiro atoms. The summed E-state index contributed by atoms with van der Waals surface area (Å²) in [5.41, 5.74) is 2.07. The zero-order valence-electron chi connectivity index (χ0n) is 16.0. The van der Waals surface area contributed by atoms with Crippen molar-refractivity contribution < 1.29 is 23.7 Å². The SMILES string of the molecule is CCOc1cc(C=C2C=C(c3ccc(OC)cc3)OC2=O)cc(Br)c1OCC. The number of esters is 1. The summed E-state index contributed by atoms with van der Waals surface area (Å²) in [5, 5.41) is 0. The first kappa shape index (κ1) is 20.0. The van der Waals surface area contributed by atoms with Crippen molar-refractivity contribution in [1.82, 2.24) is 0 Å². The van der Waals surface area contributed by atoms with Crippen LogP contribution >= 0.6 is 15.9 Å². The van der Waals surface area contributed by atoms with Gasteiger partial charge < -0.3 is 18.9 Å². The molecule has 6 heteroatoms. The number of hydrogen-bond donors (Lipinski definition) is 0. The van der Waals surface area contributed by atoms with E-state index in [9.17, 15) is 4.79 Å². The third kappa shape index (κ3) is 4.39. The third-order valence-corrected chi connectivity index (χ3v) is 4.63. The van der Waals surface area contributed by atoms with Gasteiger partial charge in [0.05, 0.1) is 30.4 Å². The van der Waals surface area contributed by atoms with Crippen LogP contribution in [0.2, 0.25) is 0 Å². The van der Waals surface area contributed by atoms with E-state index in [1.165, 1.54) is 0 Å². The lowest BCUT2D eigenvalue weighted by Gasteiger charge is -2.13. The van der Waals surface area contributed by atoms with Crippen LogP contribution in [-0.2, 0) is 9.53 Å². The zero-order valence-corrected chi connectivity index (χ0v) is 17.5. The molecule has 146 valence electrons. The molecular weight excluding hydrogens is 424 g/mol. The van der Waals surface area contributed by atoms with E-state index in [2.05, 4.69) is 15.9 Å². The number of carbonyl (C=O) groups excluding carboxylic acids is 1. The van der Waals surface area contributed by atoms with Crippen molar-refractivity contribution >= 4 is 33.7 Å². The van der Waals surface area contributed by atoms with Crippen LogP contribution in [0.3, 0.4) is 0 Å². The van der Waals surface area contributed by atoms with Crippen LogP contribution in [0.1, 0.15) is 25.0 Å². The summed E-state index contributed by atoms with van der Waals surface area (Å²) < 4.78 is 22.7. The Balaban J connectivity index is 1.93. The van der Waals surface area contributed by atoms with Crippen molar-refractivity contribution in [2.75, 3.05) is 20.3 Å². The second-order valence-electron chi connectivity index (χ2n) is 5.92. The molecule has 3 rings (SSSR count). The quantitative estimate of drug-likeness (QED) is 0.431. The van der Waals surface area contributed by atoms with Crippen LogP contribution in [0.4, 0.5) is 0 Å². The minimum Gasteiger partial charge on any atom is -0.497 e. The molecule has 0 unspecified atom stereocenters. The number of rotatable bonds is 7. The molecule has 2 aromatic rings. The Morgan fingerprint density at radius 2 is 1.79 bits per heavy atom. The van der Waals surface area contributed by atoms with E-state index in [1.54, 1.807) is 19.3 Å². The summed E-state index contributed by atoms with van der Waals surface area (Å²) in [7, 11) is 1.61. The molecule has 0 saturated carbocycles. The monoisotopic (exact) mass is 444 g/mol. The summed E-state index contributed by atoms with van der Waals surface area (Å²) in [4.78, 5) is 12.3. The normalized spacial score (nSPS) is 14.6. The smallest absolute Gasteiger partial charge is 0.343 e. The molecule has 2 aromatic carbocycles. The van der Waals surface area contributed by atoms with Crippen LogP contribution in [0.15, 0.2) is 52.5 Å². The first-order valence-corrected chi connectivity index (χ1v) is 9.74. The summed E-state index contributed by atoms with van der Waals surface area (Å²) in [5.74, 6) is 2.13. The number of benzene rings is 2. The lowest BCUT2D eigenvalue weighted by Crippen LogP contribution is -2.00. The van der Waals surface area contributed by atoms with Gasteiger partial charge in [0.15, 0.2) is 11.5 Å². The van der Waals surface area contributed by atoms with E-state index in [4.69, 9.17) is 18.9 Å². The standard InChI is InChI=1S/C22H21BrO5/c1-4-26-20-12-14(11-18(23)21(20)27-5-2)10-16-13-19(28-22(16)24)15-6-8-17(25-3)9-7-15/h6-13H,4-5H2,1-3H3. The van der Waals surface area contributed by atoms with E-state index in [-0.39, 0.29) is 0 Å². The van der Waals surface area contributed by atoms with E-state index in [0.717, 1.165) is 21.3 Å². The first-order chi connectivity index (χ1) is 13.5. The van der Waals surface area contributed by atoms with E-state index < -0.39 is 5.97 Å². The molecule has 0 saturated heterocycles. The van der Waals surface area contributed by atoms with Gasteiger partial charge in [-0.2, -0.15) is 0 Å². The predicted molar refractivity (Wildman–Crippen MR) is 112 cm³/mol. The van der Waals surface area contributed by atoms with Crippen molar-refractivity contribution in [2.45, 2.75) is 13.8 Å². The average Bonchev–Trinajstić information content (AvgIpc) is 3.05. The molecule has 0 amide bonds. The maximum Gasteiger partial charge on any atom is 0.343 e. The van der Waals surface area contributed by atoms with E-state index >= 15 is 0 Å². The number of cyclic esters (lactones) is 1. The number of ether oxygens (including phenoxy) is 4. The minimum atomic E-state index is -0.395. The highest BCUT2D eigenvalue weighted by atomic mass is 79.9. The van der Waals surface area contributed by atoms with Gasteiger partial charge in [-0.3, -0.25) is 0 Å². The van der Waals surface area contributed by atoms with Gasteiger partial charge in [-0.1, -0.05) is 0 Å². The number of hydrogen-bond acceptors (Lipinski definition) is 5. The van der Waals surface area contributed by atoms with Gasteiger partial charge in [-0.25, -0.2) is 4.79 Å². The van der Waals surface area contributed by atoms with Crippen LogP contribution < -0.4 is 14.2 Å². The molecule has 0 N–H and O–H groups in total. The summed E-state index contributed by atoms with van der Waals surface area (Å²) in [6.45, 7) is 4.86. The Morgan fingerprint density at radius 3 is 2.43 bits per heavy atom. The highest BCUT2D eigenvalue weighted by Gasteiger charge is 2.22. The molecule has 1 heterocycles. The second kappa shape index (κ2) is 8.97. The van der Waals surface area contributed by atoms with Gasteiger partial charge in [-0.15, -0.1) is 0 Å². The molecule has 0 atom stereocenters. The van der Waals surface area contributed by atoms with Crippen LogP contribution in [0, 0.1) is 0 Å². The first-order valence-electron chi connectivity index (χ1n) is 8.94. The summed E-state index contributed by atoms with van der Waals surface area (Å²) in [6, 6.07) is 11.1. The van der Waals surface area contributed by atoms with Gasteiger partial charge in [0.2, 0.25) is 0 Å². The Labute approximate surface area is 172 Å². The summed E-state index contributed by atoms with van der Waals surface area (Å²) in [6.07, 6.45) is 3.50. The topological polar surface area (TPSA) is 54.0 Å². The van der Waals surface area contributed by atoms with Crippen molar-refractivity contribution in [3.05, 3.63) is 63.6 Å². The fourth-order valence-corrected chi connectivity index (χ4v) is 3.36. The fourth-order valence-electron chi connectivity index (χ4n) is 2.78. The number of carbonyl (C=O) groups is 1. The molecule has 0 aliphatic carbocycles. The molecule has 28 heavy (non-hydrogen) atoms. The van der Waals surface area contributed by atoms with Crippen molar-refractivity contribution in [1.29, 1.82) is 0 Å². The lowest BCUT2D eigenvalue weighted by atomic mass is 10.1. The Hall–Kier alpha value is -2.73. The fraction of sp³-hybridized carbons (Fsp3) is 0.227. The van der Waals surface area contributed by atoms with Gasteiger partial charge >= 0.3 is 5.97 Å². The van der Waals surface area contributed by atoms with Gasteiger partial charge in [0.1, 0.15) is 11.5 Å². The van der Waals surface area contributed by atoms with Crippen LogP contribution in [0.25, 0.3) is 11.8 Å². The van der Waals surface area contributed by atoms with E-state index in [1.807, 2.05) is 50.2 Å². The summed E-state index contributed by atoms with van der Waals surface area (Å²) >= 11 is 3.52. The van der Waals surface area contributed by atoms with Crippen molar-refractivity contribution in [3.8, 4) is 17.2 Å². The maximum absolute atomic E-state index is 12.3. The Kier molecular flexibility index (Phi) is 6.41. The molecule has 0 aromatic heterocycles. The third-order valence-electron chi connectivity index (χ3n) is 4.04. The minimum absolute atomic E-state index is 0.395. The molecule has 0 fully saturated rings. The molecule has 5 nitrogen and oxygen atoms in total. The number of halogens is 1. The van der Waals surface area contributed by atoms with Crippen LogP contribution in [-0.4, -0.2) is 26.3 Å². The molecule has 1 aliphatic heterocycles. The van der Waals surface area contributed by atoms with Gasteiger partial charge in [0, 0.05) is 5.56 Å². The molecule has 1 aliphatic rings. The average molecular weight is 445 g/mol. The zero-order chi connectivity index (χ0) is 20.1. The second-order valence-corrected chi connectivity index (χ2v) is 6.78. The Morgan fingerprint density at radius 1 is 1.07 bits per heavy atom. The number of methoxy groups -OCH3 is 1. The van der Waals surface area contributed by atoms with Crippen LogP contribution in [0.5, 0.6) is 17.2 Å². The maximum atomic E-state index is 12.3. The van der Waals surface area contributed by atoms with Crippen molar-refractivity contribution in [2.24, 2.45) is 0 Å². The molecular formula is C22H21BrO5. The van der Waals surface area contributed by atoms with Crippen molar-refractivity contribution in [3.63, 3.8) is 0 Å². The van der Waals surface area contributed by atoms with Gasteiger partial charge in [0.25, 0.3) is 0 Å². The highest BCUT2D eigenvalue weighted by molar-refractivity contribution is 9.10. The lowest BCUT2D eigenvalue weighted by molar-refractivity contribution is -0.130. The largest absolute Gasteiger partial charge is 0.497 e. The predicted octanol–water partition coefficient (Wildman–Crippen LogP) is 5.24.